The minimum absolute atomic E-state index is 0.0459. The highest BCUT2D eigenvalue weighted by Crippen LogP contribution is 2.33. The van der Waals surface area contributed by atoms with Crippen molar-refractivity contribution in [2.24, 2.45) is 0 Å². The molecular weight excluding hydrogens is 503 g/mol. The molecule has 0 radical (unpaired) electrons. The Labute approximate surface area is 218 Å². The normalized spacial score (nSPS) is 21.3. The van der Waals surface area contributed by atoms with Crippen LogP contribution in [-0.4, -0.2) is 61.1 Å². The molecule has 8 nitrogen and oxygen atoms in total. The van der Waals surface area contributed by atoms with Gasteiger partial charge in [-0.25, -0.2) is 0 Å². The Morgan fingerprint density at radius 3 is 2.53 bits per heavy atom. The lowest BCUT2D eigenvalue weighted by Gasteiger charge is -2.42. The van der Waals surface area contributed by atoms with Crippen molar-refractivity contribution in [3.8, 4) is 5.75 Å². The molecule has 2 heterocycles. The summed E-state index contributed by atoms with van der Waals surface area (Å²) in [6.45, 7) is 2.77. The summed E-state index contributed by atoms with van der Waals surface area (Å²) in [6.07, 6.45) is -2.81. The number of alkyl halides is 3. The molecule has 38 heavy (non-hydrogen) atoms. The zero-order valence-electron chi connectivity index (χ0n) is 21.1. The van der Waals surface area contributed by atoms with Gasteiger partial charge in [-0.05, 0) is 61.7 Å². The van der Waals surface area contributed by atoms with Crippen LogP contribution in [-0.2, 0) is 15.7 Å². The van der Waals surface area contributed by atoms with E-state index in [1.807, 2.05) is 6.92 Å². The van der Waals surface area contributed by atoms with Crippen molar-refractivity contribution in [3.63, 3.8) is 0 Å². The van der Waals surface area contributed by atoms with E-state index in [0.29, 0.717) is 30.8 Å². The van der Waals surface area contributed by atoms with Gasteiger partial charge in [-0.2, -0.15) is 13.2 Å². The van der Waals surface area contributed by atoms with Gasteiger partial charge in [0.05, 0.1) is 29.7 Å². The number of fused-ring (bicyclic) bond motifs is 2. The van der Waals surface area contributed by atoms with Gasteiger partial charge in [0.1, 0.15) is 18.5 Å². The van der Waals surface area contributed by atoms with Gasteiger partial charge in [0.25, 0.3) is 11.8 Å². The summed E-state index contributed by atoms with van der Waals surface area (Å²) in [5.41, 5.74) is -0.257. The minimum Gasteiger partial charge on any atom is -0.490 e. The van der Waals surface area contributed by atoms with Crippen LogP contribution < -0.4 is 15.4 Å². The first-order chi connectivity index (χ1) is 18.1. The van der Waals surface area contributed by atoms with Crippen molar-refractivity contribution in [3.05, 3.63) is 59.2 Å². The lowest BCUT2D eigenvalue weighted by Crippen LogP contribution is -2.54. The van der Waals surface area contributed by atoms with Crippen LogP contribution in [0.5, 0.6) is 5.75 Å². The second-order valence-corrected chi connectivity index (χ2v) is 9.46. The highest BCUT2D eigenvalue weighted by Gasteiger charge is 2.39. The molecule has 3 amide bonds. The average molecular weight is 534 g/mol. The number of likely N-dealkylation sites (N-methyl/N-ethyl adjacent to an activating group) is 1. The Kier molecular flexibility index (Phi) is 8.25. The third kappa shape index (κ3) is 6.27. The number of hydrogen-bond acceptors (Lipinski definition) is 5. The van der Waals surface area contributed by atoms with Crippen LogP contribution in [0, 0.1) is 0 Å². The van der Waals surface area contributed by atoms with E-state index in [1.54, 1.807) is 24.1 Å². The number of benzene rings is 2. The van der Waals surface area contributed by atoms with Crippen LogP contribution in [0.1, 0.15) is 58.9 Å². The molecule has 3 atom stereocenters. The number of halogens is 3. The number of ether oxygens (including phenoxy) is 2. The fraction of sp³-hybridized carbons (Fsp3) is 0.444. The van der Waals surface area contributed by atoms with Crippen molar-refractivity contribution in [2.75, 3.05) is 25.5 Å². The van der Waals surface area contributed by atoms with Crippen LogP contribution >= 0.6 is 0 Å². The molecule has 2 aromatic rings. The summed E-state index contributed by atoms with van der Waals surface area (Å²) in [5, 5.41) is 5.47. The summed E-state index contributed by atoms with van der Waals surface area (Å²) >= 11 is 0. The molecule has 2 N–H and O–H groups in total. The Morgan fingerprint density at radius 2 is 1.84 bits per heavy atom. The highest BCUT2D eigenvalue weighted by atomic mass is 19.4. The average Bonchev–Trinajstić information content (AvgIpc) is 2.89. The maximum Gasteiger partial charge on any atom is 0.416 e. The Morgan fingerprint density at radius 1 is 1.11 bits per heavy atom. The Balaban J connectivity index is 1.45. The minimum atomic E-state index is -4.50. The molecule has 2 aliphatic rings. The van der Waals surface area contributed by atoms with Crippen LogP contribution in [0.3, 0.4) is 0 Å². The molecule has 1 fully saturated rings. The second-order valence-electron chi connectivity index (χ2n) is 9.46. The molecule has 0 saturated carbocycles. The van der Waals surface area contributed by atoms with Gasteiger partial charge in [0, 0.05) is 24.8 Å². The predicted octanol–water partition coefficient (Wildman–Crippen LogP) is 4.25. The van der Waals surface area contributed by atoms with Gasteiger partial charge in [0.15, 0.2) is 0 Å². The summed E-state index contributed by atoms with van der Waals surface area (Å²) < 4.78 is 50.5. The molecule has 0 bridgehead atoms. The van der Waals surface area contributed by atoms with E-state index in [9.17, 15) is 27.6 Å². The number of carbonyl (C=O) groups excluding carboxylic acids is 3. The quantitative estimate of drug-likeness (QED) is 0.579. The van der Waals surface area contributed by atoms with E-state index in [4.69, 9.17) is 9.47 Å². The van der Waals surface area contributed by atoms with Crippen molar-refractivity contribution in [1.82, 2.24) is 10.2 Å². The number of hydrogen-bond donors (Lipinski definition) is 2. The summed E-state index contributed by atoms with van der Waals surface area (Å²) in [7, 11) is 1.68. The zero-order chi connectivity index (χ0) is 27.4. The van der Waals surface area contributed by atoms with Crippen LogP contribution in [0.2, 0.25) is 0 Å². The standard InChI is InChI=1S/C27H30F3N3O5/c1-3-12-31-24(34)14-19-9-10-21-23(38-19)15-37-22-11-8-18(13-20(22)26(36)33(21)2)32-25(35)16-4-6-17(7-5-16)27(28,29)30/h4-8,11,13,19,21,23H,3,9-10,12,14-15H2,1-2H3,(H,31,34)(H,32,35)/t19-,21-,23+/m0/s1. The molecule has 204 valence electrons. The zero-order valence-corrected chi connectivity index (χ0v) is 21.1. The largest absolute Gasteiger partial charge is 0.490 e. The second kappa shape index (κ2) is 11.4. The third-order valence-corrected chi connectivity index (χ3v) is 6.73. The van der Waals surface area contributed by atoms with Crippen LogP contribution in [0.15, 0.2) is 42.5 Å². The van der Waals surface area contributed by atoms with E-state index in [2.05, 4.69) is 10.6 Å². The highest BCUT2D eigenvalue weighted by molar-refractivity contribution is 6.05. The third-order valence-electron chi connectivity index (χ3n) is 6.73. The monoisotopic (exact) mass is 533 g/mol. The molecule has 0 aromatic heterocycles. The summed E-state index contributed by atoms with van der Waals surface area (Å²) in [6, 6.07) is 8.21. The fourth-order valence-corrected chi connectivity index (χ4v) is 4.66. The summed E-state index contributed by atoms with van der Waals surface area (Å²) in [4.78, 5) is 39.7. The lowest BCUT2D eigenvalue weighted by atomic mass is 9.94. The van der Waals surface area contributed by atoms with Gasteiger partial charge in [-0.3, -0.25) is 14.4 Å². The van der Waals surface area contributed by atoms with Crippen molar-refractivity contribution >= 4 is 23.4 Å². The molecule has 0 aliphatic carbocycles. The number of anilines is 1. The Bertz CT molecular complexity index is 1190. The molecule has 4 rings (SSSR count). The van der Waals surface area contributed by atoms with Gasteiger partial charge in [-0.1, -0.05) is 6.92 Å². The van der Waals surface area contributed by atoms with Crippen molar-refractivity contribution in [2.45, 2.75) is 57.0 Å². The van der Waals surface area contributed by atoms with Gasteiger partial charge < -0.3 is 25.0 Å². The van der Waals surface area contributed by atoms with Crippen LogP contribution in [0.4, 0.5) is 18.9 Å². The fourth-order valence-electron chi connectivity index (χ4n) is 4.66. The molecule has 0 spiro atoms. The number of nitrogens with zero attached hydrogens (tertiary/aromatic N) is 1. The van der Waals surface area contributed by atoms with E-state index in [-0.39, 0.29) is 48.1 Å². The topological polar surface area (TPSA) is 97.0 Å². The van der Waals surface area contributed by atoms with Gasteiger partial charge >= 0.3 is 6.18 Å². The maximum atomic E-state index is 13.4. The first-order valence-corrected chi connectivity index (χ1v) is 12.5. The first-order valence-electron chi connectivity index (χ1n) is 12.5. The van der Waals surface area contributed by atoms with E-state index in [0.717, 1.165) is 30.7 Å². The molecule has 0 unspecified atom stereocenters. The lowest BCUT2D eigenvalue weighted by molar-refractivity contribution is -0.137. The summed E-state index contributed by atoms with van der Waals surface area (Å²) in [5.74, 6) is -0.675. The number of amides is 3. The molecule has 11 heteroatoms. The first kappa shape index (κ1) is 27.4. The number of nitrogens with one attached hydrogen (secondary N) is 2. The SMILES string of the molecule is CCCNC(=O)C[C@@H]1CC[C@H]2[C@@H](COc3ccc(NC(=O)c4ccc(C(F)(F)F)cc4)cc3C(=O)N2C)O1. The maximum absolute atomic E-state index is 13.4. The van der Waals surface area contributed by atoms with Gasteiger partial charge in [0.2, 0.25) is 5.91 Å². The van der Waals surface area contributed by atoms with Crippen molar-refractivity contribution < 1.29 is 37.0 Å². The van der Waals surface area contributed by atoms with E-state index < -0.39 is 23.8 Å². The molecule has 2 aromatic carbocycles. The van der Waals surface area contributed by atoms with Crippen molar-refractivity contribution in [1.29, 1.82) is 0 Å². The number of carbonyl (C=O) groups is 3. The predicted molar refractivity (Wildman–Crippen MR) is 133 cm³/mol. The molecular formula is C27H30F3N3O5. The molecule has 2 aliphatic heterocycles. The van der Waals surface area contributed by atoms with E-state index >= 15 is 0 Å². The molecule has 1 saturated heterocycles. The smallest absolute Gasteiger partial charge is 0.416 e. The number of rotatable bonds is 6. The Hall–Kier alpha value is -3.60. The van der Waals surface area contributed by atoms with Gasteiger partial charge in [-0.15, -0.1) is 0 Å². The van der Waals surface area contributed by atoms with Crippen LogP contribution in [0.25, 0.3) is 0 Å². The van der Waals surface area contributed by atoms with E-state index in [1.165, 1.54) is 6.07 Å².